The highest BCUT2D eigenvalue weighted by molar-refractivity contribution is 8.13. The molecule has 0 aliphatic carbocycles. The zero-order valence-electron chi connectivity index (χ0n) is 9.08. The van der Waals surface area contributed by atoms with Crippen LogP contribution in [-0.4, -0.2) is 38.7 Å². The van der Waals surface area contributed by atoms with Crippen LogP contribution in [-0.2, 0) is 9.05 Å². The van der Waals surface area contributed by atoms with Gasteiger partial charge in [-0.25, -0.2) is 8.42 Å². The van der Waals surface area contributed by atoms with Gasteiger partial charge in [0.2, 0.25) is 9.05 Å². The quantitative estimate of drug-likeness (QED) is 0.565. The first kappa shape index (κ1) is 13.0. The molecule has 1 aliphatic rings. The van der Waals surface area contributed by atoms with E-state index in [-0.39, 0.29) is 5.75 Å². The Hall–Kier alpha value is -0.0600. The first-order valence-electron chi connectivity index (χ1n) is 5.24. The fraction of sp³-hybridized carbons (Fsp3) is 0.800. The number of piperidine rings is 1. The zero-order valence-corrected chi connectivity index (χ0v) is 10.6. The molecular weight excluding hydrogens is 234 g/mol. The van der Waals surface area contributed by atoms with Crippen LogP contribution in [0.25, 0.3) is 0 Å². The van der Waals surface area contributed by atoms with Crippen LogP contribution in [0.1, 0.15) is 19.8 Å². The summed E-state index contributed by atoms with van der Waals surface area (Å²) in [5.74, 6) is 0.243. The van der Waals surface area contributed by atoms with E-state index in [0.717, 1.165) is 38.0 Å². The summed E-state index contributed by atoms with van der Waals surface area (Å²) >= 11 is 0. The molecule has 3 nitrogen and oxygen atoms in total. The van der Waals surface area contributed by atoms with Crippen LogP contribution in [0.15, 0.2) is 12.2 Å². The minimum Gasteiger partial charge on any atom is -0.304 e. The molecule has 1 aliphatic heterocycles. The van der Waals surface area contributed by atoms with Crippen LogP contribution in [0.4, 0.5) is 0 Å². The molecule has 1 saturated heterocycles. The number of hydrogen-bond acceptors (Lipinski definition) is 3. The highest BCUT2D eigenvalue weighted by Gasteiger charge is 2.22. The maximum Gasteiger partial charge on any atom is 0.236 e. The Morgan fingerprint density at radius 2 is 2.00 bits per heavy atom. The molecule has 0 radical (unpaired) electrons. The third kappa shape index (κ3) is 4.53. The summed E-state index contributed by atoms with van der Waals surface area (Å²) in [5.41, 5.74) is 0.765. The predicted molar refractivity (Wildman–Crippen MR) is 63.6 cm³/mol. The van der Waals surface area contributed by atoms with E-state index in [4.69, 9.17) is 10.7 Å². The van der Waals surface area contributed by atoms with Crippen molar-refractivity contribution in [3.05, 3.63) is 12.2 Å². The largest absolute Gasteiger partial charge is 0.304 e. The molecule has 0 saturated carbocycles. The van der Waals surface area contributed by atoms with Gasteiger partial charge in [-0.3, -0.25) is 0 Å². The van der Waals surface area contributed by atoms with Gasteiger partial charge in [0.05, 0.1) is 5.75 Å². The Bertz CT molecular complexity index is 318. The molecule has 15 heavy (non-hydrogen) atoms. The van der Waals surface area contributed by atoms with E-state index >= 15 is 0 Å². The van der Waals surface area contributed by atoms with Gasteiger partial charge in [-0.1, -0.05) is 19.1 Å². The number of rotatable bonds is 4. The molecule has 0 aromatic rings. The highest BCUT2D eigenvalue weighted by atomic mass is 35.7. The molecule has 0 aromatic carbocycles. The minimum absolute atomic E-state index is 0.0780. The lowest BCUT2D eigenvalue weighted by Gasteiger charge is -2.31. The van der Waals surface area contributed by atoms with Gasteiger partial charge in [-0.05, 0) is 38.4 Å². The topological polar surface area (TPSA) is 37.4 Å². The molecule has 0 aromatic heterocycles. The molecule has 0 atom stereocenters. The van der Waals surface area contributed by atoms with Crippen LogP contribution in [0.5, 0.6) is 0 Å². The van der Waals surface area contributed by atoms with Crippen molar-refractivity contribution in [3.8, 4) is 0 Å². The Kier molecular flexibility index (Phi) is 4.62. The van der Waals surface area contributed by atoms with Crippen molar-refractivity contribution in [2.75, 3.05) is 25.4 Å². The van der Waals surface area contributed by atoms with Crippen molar-refractivity contribution in [2.24, 2.45) is 5.92 Å². The summed E-state index contributed by atoms with van der Waals surface area (Å²) in [6, 6.07) is 0. The summed E-state index contributed by atoms with van der Waals surface area (Å²) < 4.78 is 21.8. The smallest absolute Gasteiger partial charge is 0.236 e. The zero-order chi connectivity index (χ0) is 11.5. The number of likely N-dealkylation sites (tertiary alicyclic amines) is 1. The van der Waals surface area contributed by atoms with E-state index < -0.39 is 9.05 Å². The van der Waals surface area contributed by atoms with Crippen LogP contribution in [0.2, 0.25) is 0 Å². The van der Waals surface area contributed by atoms with E-state index in [2.05, 4.69) is 18.4 Å². The molecule has 0 spiro atoms. The van der Waals surface area contributed by atoms with Gasteiger partial charge in [0, 0.05) is 10.7 Å². The Morgan fingerprint density at radius 3 is 2.40 bits per heavy atom. The minimum atomic E-state index is -3.43. The van der Waals surface area contributed by atoms with Gasteiger partial charge in [0.15, 0.2) is 0 Å². The highest BCUT2D eigenvalue weighted by Crippen LogP contribution is 2.25. The predicted octanol–water partition coefficient (Wildman–Crippen LogP) is 1.84. The molecule has 0 N–H and O–H groups in total. The molecule has 1 fully saturated rings. The standard InChI is InChI=1S/C10H18ClNO2S/c1-3-12-6-4-10(5-7-12)9(2)8-15(11,13)14/h10H,2-8H2,1H3. The van der Waals surface area contributed by atoms with Crippen LogP contribution < -0.4 is 0 Å². The molecular formula is C10H18ClNO2S. The van der Waals surface area contributed by atoms with Crippen LogP contribution in [0.3, 0.4) is 0 Å². The van der Waals surface area contributed by atoms with Crippen molar-refractivity contribution >= 4 is 19.7 Å². The molecule has 0 amide bonds. The fourth-order valence-corrected chi connectivity index (χ4v) is 3.10. The second-order valence-corrected chi connectivity index (χ2v) is 6.83. The summed E-state index contributed by atoms with van der Waals surface area (Å²) in [6.45, 7) is 9.09. The first-order chi connectivity index (χ1) is 6.92. The summed E-state index contributed by atoms with van der Waals surface area (Å²) in [4.78, 5) is 2.36. The number of nitrogens with zero attached hydrogens (tertiary/aromatic N) is 1. The third-order valence-corrected chi connectivity index (χ3v) is 4.01. The van der Waals surface area contributed by atoms with Gasteiger partial charge >= 0.3 is 0 Å². The maximum atomic E-state index is 10.9. The maximum absolute atomic E-state index is 10.9. The van der Waals surface area contributed by atoms with Crippen molar-refractivity contribution in [1.29, 1.82) is 0 Å². The van der Waals surface area contributed by atoms with Crippen LogP contribution >= 0.6 is 10.7 Å². The second kappa shape index (κ2) is 5.32. The lowest BCUT2D eigenvalue weighted by molar-refractivity contribution is 0.208. The third-order valence-electron chi connectivity index (χ3n) is 2.97. The summed E-state index contributed by atoms with van der Waals surface area (Å²) in [6.07, 6.45) is 2.00. The summed E-state index contributed by atoms with van der Waals surface area (Å²) in [5, 5.41) is 0. The van der Waals surface area contributed by atoms with Crippen molar-refractivity contribution in [3.63, 3.8) is 0 Å². The van der Waals surface area contributed by atoms with E-state index in [1.165, 1.54) is 0 Å². The molecule has 1 rings (SSSR count). The molecule has 0 unspecified atom stereocenters. The monoisotopic (exact) mass is 251 g/mol. The van der Waals surface area contributed by atoms with Crippen molar-refractivity contribution < 1.29 is 8.42 Å². The Morgan fingerprint density at radius 1 is 1.47 bits per heavy atom. The van der Waals surface area contributed by atoms with E-state index in [1.807, 2.05) is 0 Å². The second-order valence-electron chi connectivity index (χ2n) is 4.05. The molecule has 88 valence electrons. The normalized spacial score (nSPS) is 20.4. The van der Waals surface area contributed by atoms with Crippen molar-refractivity contribution in [2.45, 2.75) is 19.8 Å². The average molecular weight is 252 g/mol. The van der Waals surface area contributed by atoms with Gasteiger partial charge in [-0.2, -0.15) is 0 Å². The van der Waals surface area contributed by atoms with E-state index in [0.29, 0.717) is 5.92 Å². The molecule has 5 heteroatoms. The van der Waals surface area contributed by atoms with Gasteiger partial charge in [0.1, 0.15) is 0 Å². The van der Waals surface area contributed by atoms with Crippen molar-refractivity contribution in [1.82, 2.24) is 4.90 Å². The van der Waals surface area contributed by atoms with Gasteiger partial charge < -0.3 is 4.90 Å². The Balaban J connectivity index is 2.43. The summed E-state index contributed by atoms with van der Waals surface area (Å²) in [7, 11) is 1.77. The number of hydrogen-bond donors (Lipinski definition) is 0. The Labute approximate surface area is 96.5 Å². The van der Waals surface area contributed by atoms with Gasteiger partial charge in [0.25, 0.3) is 0 Å². The molecule has 0 bridgehead atoms. The van der Waals surface area contributed by atoms with E-state index in [1.54, 1.807) is 0 Å². The number of halogens is 1. The average Bonchev–Trinajstić information content (AvgIpc) is 2.15. The lowest BCUT2D eigenvalue weighted by atomic mass is 9.91. The van der Waals surface area contributed by atoms with Crippen LogP contribution in [0, 0.1) is 5.92 Å². The first-order valence-corrected chi connectivity index (χ1v) is 7.72. The SMILES string of the molecule is C=C(CS(=O)(=O)Cl)C1CCN(CC)CC1. The van der Waals surface area contributed by atoms with Gasteiger partial charge in [-0.15, -0.1) is 0 Å². The fourth-order valence-electron chi connectivity index (χ4n) is 2.00. The van der Waals surface area contributed by atoms with E-state index in [9.17, 15) is 8.42 Å². The molecule has 1 heterocycles. The lowest BCUT2D eigenvalue weighted by Crippen LogP contribution is -2.34.